The van der Waals surface area contributed by atoms with E-state index in [9.17, 15) is 0 Å². The molecular weight excluding hydrogens is 234 g/mol. The zero-order chi connectivity index (χ0) is 12.1. The van der Waals surface area contributed by atoms with Crippen molar-refractivity contribution in [1.29, 1.82) is 0 Å². The zero-order valence-electron chi connectivity index (χ0n) is 9.81. The van der Waals surface area contributed by atoms with Gasteiger partial charge in [0.05, 0.1) is 6.33 Å². The first kappa shape index (κ1) is 12.1. The van der Waals surface area contributed by atoms with Gasteiger partial charge >= 0.3 is 0 Å². The number of hydrogen-bond acceptors (Lipinski definition) is 2. The largest absolute Gasteiger partial charge is 0.336 e. The van der Waals surface area contributed by atoms with Gasteiger partial charge < -0.3 is 9.88 Å². The first-order valence-corrected chi connectivity index (χ1v) is 6.06. The van der Waals surface area contributed by atoms with E-state index < -0.39 is 0 Å². The second-order valence-electron chi connectivity index (χ2n) is 4.13. The second-order valence-corrected chi connectivity index (χ2v) is 4.54. The lowest BCUT2D eigenvalue weighted by atomic mass is 10.2. The van der Waals surface area contributed by atoms with E-state index in [-0.39, 0.29) is 0 Å². The molecule has 0 saturated heterocycles. The minimum Gasteiger partial charge on any atom is -0.336 e. The van der Waals surface area contributed by atoms with Gasteiger partial charge in [-0.3, -0.25) is 0 Å². The van der Waals surface area contributed by atoms with Gasteiger partial charge in [-0.05, 0) is 18.6 Å². The van der Waals surface area contributed by atoms with Crippen LogP contribution in [-0.2, 0) is 13.1 Å². The summed E-state index contributed by atoms with van der Waals surface area (Å²) in [4.78, 5) is 4.02. The average molecular weight is 250 g/mol. The van der Waals surface area contributed by atoms with E-state index in [1.165, 1.54) is 0 Å². The second kappa shape index (κ2) is 5.84. The van der Waals surface area contributed by atoms with E-state index in [0.29, 0.717) is 6.04 Å². The molecule has 0 spiro atoms. The van der Waals surface area contributed by atoms with Crippen molar-refractivity contribution in [3.8, 4) is 0 Å². The molecule has 0 aliphatic heterocycles. The molecule has 2 aromatic rings. The van der Waals surface area contributed by atoms with Gasteiger partial charge in [0.15, 0.2) is 0 Å². The molecule has 0 aliphatic carbocycles. The summed E-state index contributed by atoms with van der Waals surface area (Å²) in [7, 11) is 0. The van der Waals surface area contributed by atoms with Gasteiger partial charge in [-0.1, -0.05) is 29.8 Å². The molecule has 0 amide bonds. The monoisotopic (exact) mass is 249 g/mol. The Bertz CT molecular complexity index is 453. The fourth-order valence-corrected chi connectivity index (χ4v) is 1.90. The van der Waals surface area contributed by atoms with Crippen molar-refractivity contribution < 1.29 is 0 Å². The third-order valence-corrected chi connectivity index (χ3v) is 3.01. The summed E-state index contributed by atoms with van der Waals surface area (Å²) in [5.41, 5.74) is 1.13. The van der Waals surface area contributed by atoms with Gasteiger partial charge in [0, 0.05) is 36.5 Å². The minimum absolute atomic E-state index is 0.375. The van der Waals surface area contributed by atoms with Crippen LogP contribution in [0.2, 0.25) is 5.02 Å². The average Bonchev–Trinajstić information content (AvgIpc) is 2.81. The molecule has 0 saturated carbocycles. The third kappa shape index (κ3) is 3.58. The summed E-state index contributed by atoms with van der Waals surface area (Å²) in [6.45, 7) is 3.84. The quantitative estimate of drug-likeness (QED) is 0.883. The number of hydrogen-bond donors (Lipinski definition) is 1. The first-order chi connectivity index (χ1) is 8.25. The summed E-state index contributed by atoms with van der Waals surface area (Å²) in [6, 6.07) is 8.28. The van der Waals surface area contributed by atoms with Gasteiger partial charge in [0.25, 0.3) is 0 Å². The van der Waals surface area contributed by atoms with E-state index in [1.54, 1.807) is 6.20 Å². The molecule has 1 aromatic heterocycles. The Morgan fingerprint density at radius 1 is 1.41 bits per heavy atom. The van der Waals surface area contributed by atoms with Crippen molar-refractivity contribution in [2.45, 2.75) is 26.1 Å². The van der Waals surface area contributed by atoms with Crippen molar-refractivity contribution >= 4 is 11.6 Å². The van der Waals surface area contributed by atoms with Crippen LogP contribution in [-0.4, -0.2) is 15.6 Å². The van der Waals surface area contributed by atoms with Crippen LogP contribution in [0.3, 0.4) is 0 Å². The Morgan fingerprint density at radius 3 is 2.94 bits per heavy atom. The van der Waals surface area contributed by atoms with Crippen molar-refractivity contribution in [2.75, 3.05) is 0 Å². The molecule has 17 heavy (non-hydrogen) atoms. The highest BCUT2D eigenvalue weighted by Gasteiger charge is 2.04. The predicted molar refractivity (Wildman–Crippen MR) is 70.0 cm³/mol. The van der Waals surface area contributed by atoms with E-state index in [0.717, 1.165) is 23.7 Å². The SMILES string of the molecule is CC(Cn1ccnc1)NCc1ccccc1Cl. The first-order valence-electron chi connectivity index (χ1n) is 5.68. The number of rotatable bonds is 5. The molecule has 1 heterocycles. The predicted octanol–water partition coefficient (Wildman–Crippen LogP) is 2.71. The number of benzene rings is 1. The Morgan fingerprint density at radius 2 is 2.24 bits per heavy atom. The molecule has 0 fully saturated rings. The van der Waals surface area contributed by atoms with Gasteiger partial charge in [0.2, 0.25) is 0 Å². The van der Waals surface area contributed by atoms with E-state index in [4.69, 9.17) is 11.6 Å². The summed E-state index contributed by atoms with van der Waals surface area (Å²) in [6.07, 6.45) is 5.59. The van der Waals surface area contributed by atoms with Crippen LogP contribution in [0, 0.1) is 0 Å². The number of aromatic nitrogens is 2. The Balaban J connectivity index is 1.84. The summed E-state index contributed by atoms with van der Waals surface area (Å²) in [5.74, 6) is 0. The van der Waals surface area contributed by atoms with Gasteiger partial charge in [-0.2, -0.15) is 0 Å². The molecule has 1 unspecified atom stereocenters. The topological polar surface area (TPSA) is 29.9 Å². The molecule has 3 nitrogen and oxygen atoms in total. The lowest BCUT2D eigenvalue weighted by molar-refractivity contribution is 0.476. The maximum Gasteiger partial charge on any atom is 0.0946 e. The molecule has 0 radical (unpaired) electrons. The molecular formula is C13H16ClN3. The molecule has 0 bridgehead atoms. The van der Waals surface area contributed by atoms with Crippen molar-refractivity contribution in [2.24, 2.45) is 0 Å². The molecule has 0 aliphatic rings. The summed E-state index contributed by atoms with van der Waals surface area (Å²) in [5, 5.41) is 4.26. The van der Waals surface area contributed by atoms with Crippen molar-refractivity contribution in [3.63, 3.8) is 0 Å². The highest BCUT2D eigenvalue weighted by Crippen LogP contribution is 2.14. The van der Waals surface area contributed by atoms with Crippen LogP contribution < -0.4 is 5.32 Å². The maximum absolute atomic E-state index is 6.10. The minimum atomic E-state index is 0.375. The normalized spacial score (nSPS) is 12.6. The summed E-state index contributed by atoms with van der Waals surface area (Å²) >= 11 is 6.10. The zero-order valence-corrected chi connectivity index (χ0v) is 10.6. The van der Waals surface area contributed by atoms with Crippen LogP contribution in [0.5, 0.6) is 0 Å². The number of nitrogens with one attached hydrogen (secondary N) is 1. The Hall–Kier alpha value is -1.32. The molecule has 1 N–H and O–H groups in total. The highest BCUT2D eigenvalue weighted by molar-refractivity contribution is 6.31. The molecule has 4 heteroatoms. The van der Waals surface area contributed by atoms with Crippen molar-refractivity contribution in [1.82, 2.24) is 14.9 Å². The van der Waals surface area contributed by atoms with Gasteiger partial charge in [-0.15, -0.1) is 0 Å². The van der Waals surface area contributed by atoms with Crippen LogP contribution in [0.4, 0.5) is 0 Å². The van der Waals surface area contributed by atoms with Gasteiger partial charge in [0.1, 0.15) is 0 Å². The van der Waals surface area contributed by atoms with Crippen LogP contribution in [0.25, 0.3) is 0 Å². The maximum atomic E-state index is 6.10. The van der Waals surface area contributed by atoms with Crippen LogP contribution in [0.1, 0.15) is 12.5 Å². The fourth-order valence-electron chi connectivity index (χ4n) is 1.70. The third-order valence-electron chi connectivity index (χ3n) is 2.64. The van der Waals surface area contributed by atoms with E-state index in [2.05, 4.69) is 21.8 Å². The smallest absolute Gasteiger partial charge is 0.0946 e. The summed E-state index contributed by atoms with van der Waals surface area (Å²) < 4.78 is 2.06. The highest BCUT2D eigenvalue weighted by atomic mass is 35.5. The fraction of sp³-hybridized carbons (Fsp3) is 0.308. The standard InChI is InChI=1S/C13H16ClN3/c1-11(9-17-7-6-15-10-17)16-8-12-4-2-3-5-13(12)14/h2-7,10-11,16H,8-9H2,1H3. The lowest BCUT2D eigenvalue weighted by Gasteiger charge is -2.14. The number of imidazole rings is 1. The Labute approximate surface area is 106 Å². The van der Waals surface area contributed by atoms with E-state index in [1.807, 2.05) is 36.8 Å². The van der Waals surface area contributed by atoms with Crippen LogP contribution in [0.15, 0.2) is 43.0 Å². The molecule has 1 aromatic carbocycles. The number of halogens is 1. The number of nitrogens with zero attached hydrogens (tertiary/aromatic N) is 2. The van der Waals surface area contributed by atoms with Gasteiger partial charge in [-0.25, -0.2) is 4.98 Å². The molecule has 2 rings (SSSR count). The lowest BCUT2D eigenvalue weighted by Crippen LogP contribution is -2.29. The van der Waals surface area contributed by atoms with Crippen LogP contribution >= 0.6 is 11.6 Å². The molecule has 90 valence electrons. The molecule has 1 atom stereocenters. The van der Waals surface area contributed by atoms with Crippen molar-refractivity contribution in [3.05, 3.63) is 53.6 Å². The van der Waals surface area contributed by atoms with E-state index >= 15 is 0 Å². The Kier molecular flexibility index (Phi) is 4.18.